The quantitative estimate of drug-likeness (QED) is 0.0984. The van der Waals surface area contributed by atoms with Crippen LogP contribution in [0.1, 0.15) is 94.2 Å². The first-order chi connectivity index (χ1) is 25.7. The van der Waals surface area contributed by atoms with Gasteiger partial charge in [-0.15, -0.1) is 11.1 Å². The largest absolute Gasteiger partial charge is 0.458 e. The first-order valence-electron chi connectivity index (χ1n) is 19.7. The molecule has 278 valence electrons. The van der Waals surface area contributed by atoms with Gasteiger partial charge in [-0.05, 0) is 125 Å². The van der Waals surface area contributed by atoms with E-state index in [0.717, 1.165) is 54.2 Å². The maximum Gasteiger partial charge on any atom is 0.169 e. The van der Waals surface area contributed by atoms with Gasteiger partial charge in [0.1, 0.15) is 41.2 Å². The van der Waals surface area contributed by atoms with E-state index in [-0.39, 0.29) is 0 Å². The van der Waals surface area contributed by atoms with Gasteiger partial charge in [0.2, 0.25) is 0 Å². The summed E-state index contributed by atoms with van der Waals surface area (Å²) in [5.41, 5.74) is 13.3. The number of fused-ring (bicyclic) bond motifs is 6. The lowest BCUT2D eigenvalue weighted by atomic mass is 9.88. The fourth-order valence-electron chi connectivity index (χ4n) is 9.98. The van der Waals surface area contributed by atoms with Crippen LogP contribution in [-0.4, -0.2) is 16.1 Å². The average Bonchev–Trinajstić information content (AvgIpc) is 3.11. The molecule has 6 heteroatoms. The van der Waals surface area contributed by atoms with Crippen LogP contribution in [0.2, 0.25) is 33.2 Å². The molecule has 0 radical (unpaired) electrons. The Labute approximate surface area is 323 Å². The lowest BCUT2D eigenvalue weighted by Gasteiger charge is -2.38. The van der Waals surface area contributed by atoms with E-state index < -0.39 is 16.1 Å². The fourth-order valence-corrected chi connectivity index (χ4v) is 20.4. The molecule has 0 saturated carbocycles. The molecule has 0 fully saturated rings. The first-order valence-corrected chi connectivity index (χ1v) is 24.2. The number of hydrogen-bond acceptors (Lipinski definition) is 4. The highest BCUT2D eigenvalue weighted by Gasteiger charge is 2.43. The van der Waals surface area contributed by atoms with Crippen molar-refractivity contribution in [1.82, 2.24) is 0 Å². The molecule has 0 saturated heterocycles. The normalized spacial score (nSPS) is 14.0. The van der Waals surface area contributed by atoms with Crippen LogP contribution in [-0.2, 0) is 0 Å². The topological polar surface area (TPSA) is 36.9 Å². The number of ether oxygens (including phenoxy) is 4. The van der Waals surface area contributed by atoms with Crippen molar-refractivity contribution in [2.24, 2.45) is 0 Å². The standard InChI is InChI=1S/C48H54O4Si2/c1-29(2)53(30(3)4,31(5)6)19-13-39-41-21-35-25-45-47(51-17-15-49-45)27-37(35)23-43(41)40(14-20-54(32(7)8,33(9)10)34(11)12)44-24-38-28-48-46(50-16-18-52-48)26-36(38)22-42(39)44/h15-18,21-34H,1-12H3. The second-order valence-electron chi connectivity index (χ2n) is 17.1. The van der Waals surface area contributed by atoms with Crippen LogP contribution in [0.25, 0.3) is 43.1 Å². The minimum absolute atomic E-state index is 0.504. The molecule has 0 bridgehead atoms. The second-order valence-corrected chi connectivity index (χ2v) is 28.3. The van der Waals surface area contributed by atoms with E-state index in [1.165, 1.54) is 0 Å². The number of benzene rings is 5. The van der Waals surface area contributed by atoms with E-state index in [2.05, 4.69) is 155 Å². The monoisotopic (exact) mass is 750 g/mol. The SMILES string of the molecule is CC(C)[Si](C#Cc1c2cc3cc4c(cc3cc2c(C#C[Si](C(C)C)(C(C)C)C(C)C)c2cc3cc5c(cc3cc12)OC=CO5)OC=CO4)(C(C)C)C(C)C. The average molecular weight is 751 g/mol. The Bertz CT molecular complexity index is 2160. The van der Waals surface area contributed by atoms with Crippen LogP contribution >= 0.6 is 0 Å². The number of rotatable bonds is 6. The zero-order valence-electron chi connectivity index (χ0n) is 34.0. The van der Waals surface area contributed by atoms with E-state index in [9.17, 15) is 0 Å². The molecule has 7 rings (SSSR count). The molecule has 5 aromatic carbocycles. The summed E-state index contributed by atoms with van der Waals surface area (Å²) in [7, 11) is -4.19. The Morgan fingerprint density at radius 3 is 0.778 bits per heavy atom. The smallest absolute Gasteiger partial charge is 0.169 e. The van der Waals surface area contributed by atoms with Gasteiger partial charge >= 0.3 is 0 Å². The maximum atomic E-state index is 5.90. The van der Waals surface area contributed by atoms with Crippen LogP contribution in [0.3, 0.4) is 0 Å². The van der Waals surface area contributed by atoms with E-state index in [4.69, 9.17) is 18.9 Å². The Hall–Kier alpha value is -4.63. The van der Waals surface area contributed by atoms with Crippen molar-refractivity contribution in [2.45, 2.75) is 116 Å². The Morgan fingerprint density at radius 2 is 0.574 bits per heavy atom. The van der Waals surface area contributed by atoms with Gasteiger partial charge in [0.05, 0.1) is 0 Å². The lowest BCUT2D eigenvalue weighted by Crippen LogP contribution is -2.43. The summed E-state index contributed by atoms with van der Waals surface area (Å²) in [6.45, 7) is 28.6. The van der Waals surface area contributed by atoms with Gasteiger partial charge in [-0.1, -0.05) is 94.9 Å². The lowest BCUT2D eigenvalue weighted by molar-refractivity contribution is 0.362. The van der Waals surface area contributed by atoms with Crippen molar-refractivity contribution in [3.8, 4) is 45.9 Å². The summed E-state index contributed by atoms with van der Waals surface area (Å²) in [5.74, 6) is 10.7. The minimum Gasteiger partial charge on any atom is -0.458 e. The molecule has 54 heavy (non-hydrogen) atoms. The maximum absolute atomic E-state index is 5.90. The first kappa shape index (κ1) is 37.7. The molecule has 5 aromatic rings. The van der Waals surface area contributed by atoms with Crippen LogP contribution in [0.4, 0.5) is 0 Å². The van der Waals surface area contributed by atoms with Gasteiger partial charge in [0.15, 0.2) is 23.0 Å². The van der Waals surface area contributed by atoms with Crippen molar-refractivity contribution < 1.29 is 18.9 Å². The molecule has 0 aliphatic carbocycles. The Balaban J connectivity index is 1.68. The molecule has 4 nitrogen and oxygen atoms in total. The molecule has 2 aliphatic heterocycles. The summed E-state index contributed by atoms with van der Waals surface area (Å²) >= 11 is 0. The molecule has 0 aromatic heterocycles. The third-order valence-electron chi connectivity index (χ3n) is 12.6. The zero-order valence-corrected chi connectivity index (χ0v) is 36.0. The third kappa shape index (κ3) is 6.09. The minimum atomic E-state index is -2.09. The van der Waals surface area contributed by atoms with Crippen molar-refractivity contribution in [3.05, 3.63) is 84.7 Å². The summed E-state index contributed by atoms with van der Waals surface area (Å²) < 4.78 is 23.6. The van der Waals surface area contributed by atoms with Crippen LogP contribution in [0, 0.1) is 22.9 Å². The third-order valence-corrected chi connectivity index (χ3v) is 25.2. The molecule has 0 amide bonds. The van der Waals surface area contributed by atoms with Gasteiger partial charge in [0, 0.05) is 11.1 Å². The van der Waals surface area contributed by atoms with Gasteiger partial charge in [-0.3, -0.25) is 0 Å². The predicted molar refractivity (Wildman–Crippen MR) is 233 cm³/mol. The van der Waals surface area contributed by atoms with Crippen LogP contribution < -0.4 is 18.9 Å². The molecule has 0 atom stereocenters. The van der Waals surface area contributed by atoms with Crippen molar-refractivity contribution in [3.63, 3.8) is 0 Å². The molecular formula is C48H54O4Si2. The fraction of sp³-hybridized carbons (Fsp3) is 0.375. The van der Waals surface area contributed by atoms with E-state index in [1.807, 2.05) is 0 Å². The highest BCUT2D eigenvalue weighted by molar-refractivity contribution is 6.91. The zero-order chi connectivity index (χ0) is 38.7. The molecule has 0 unspecified atom stereocenters. The van der Waals surface area contributed by atoms with Crippen LogP contribution in [0.15, 0.2) is 73.6 Å². The molecule has 0 spiro atoms. The molecule has 0 N–H and O–H groups in total. The summed E-state index contributed by atoms with van der Waals surface area (Å²) in [6.07, 6.45) is 6.35. The van der Waals surface area contributed by atoms with Crippen molar-refractivity contribution >= 4 is 59.2 Å². The van der Waals surface area contributed by atoms with Crippen molar-refractivity contribution in [1.29, 1.82) is 0 Å². The van der Waals surface area contributed by atoms with Gasteiger partial charge in [-0.2, -0.15) is 0 Å². The highest BCUT2D eigenvalue weighted by atomic mass is 28.3. The molecule has 2 aliphatic rings. The molecular weight excluding hydrogens is 697 g/mol. The predicted octanol–water partition coefficient (Wildman–Crippen LogP) is 13.9. The van der Waals surface area contributed by atoms with E-state index in [1.54, 1.807) is 25.0 Å². The molecule has 2 heterocycles. The second kappa shape index (κ2) is 14.2. The summed E-state index contributed by atoms with van der Waals surface area (Å²) in [6, 6.07) is 17.6. The van der Waals surface area contributed by atoms with E-state index >= 15 is 0 Å². The highest BCUT2D eigenvalue weighted by Crippen LogP contribution is 2.45. The summed E-state index contributed by atoms with van der Waals surface area (Å²) in [4.78, 5) is 0. The Morgan fingerprint density at radius 1 is 0.352 bits per heavy atom. The Kier molecular flexibility index (Phi) is 9.92. The van der Waals surface area contributed by atoms with Crippen molar-refractivity contribution in [2.75, 3.05) is 0 Å². The number of hydrogen-bond donors (Lipinski definition) is 0. The van der Waals surface area contributed by atoms with Gasteiger partial charge < -0.3 is 18.9 Å². The van der Waals surface area contributed by atoms with Gasteiger partial charge in [-0.25, -0.2) is 0 Å². The van der Waals surface area contributed by atoms with E-state index in [0.29, 0.717) is 56.2 Å². The summed E-state index contributed by atoms with van der Waals surface area (Å²) in [5, 5.41) is 8.75. The van der Waals surface area contributed by atoms with Crippen LogP contribution in [0.5, 0.6) is 23.0 Å². The van der Waals surface area contributed by atoms with Gasteiger partial charge in [0.25, 0.3) is 0 Å².